The van der Waals surface area contributed by atoms with Crippen LogP contribution in [0.4, 0.5) is 5.69 Å². The Morgan fingerprint density at radius 3 is 2.48 bits per heavy atom. The molecule has 104 valence electrons. The van der Waals surface area contributed by atoms with E-state index in [0.29, 0.717) is 0 Å². The van der Waals surface area contributed by atoms with Crippen molar-refractivity contribution in [1.82, 2.24) is 9.55 Å². The van der Waals surface area contributed by atoms with Gasteiger partial charge in [-0.15, -0.1) is 0 Å². The Kier molecular flexibility index (Phi) is 3.78. The minimum Gasteiger partial charge on any atom is -0.333 e. The third-order valence-corrected chi connectivity index (χ3v) is 3.20. The Morgan fingerprint density at radius 2 is 1.81 bits per heavy atom. The molecule has 0 atom stereocenters. The van der Waals surface area contributed by atoms with Crippen molar-refractivity contribution >= 4 is 11.9 Å². The summed E-state index contributed by atoms with van der Waals surface area (Å²) in [5, 5.41) is 10.0. The maximum atomic E-state index is 10.0. The molecule has 1 aromatic heterocycles. The van der Waals surface area contributed by atoms with Crippen molar-refractivity contribution in [3.63, 3.8) is 0 Å². The van der Waals surface area contributed by atoms with Gasteiger partial charge in [0, 0.05) is 41.4 Å². The van der Waals surface area contributed by atoms with E-state index in [-0.39, 0.29) is 0 Å². The van der Waals surface area contributed by atoms with Crippen LogP contribution in [-0.2, 0) is 6.54 Å². The quantitative estimate of drug-likeness (QED) is 0.345. The van der Waals surface area contributed by atoms with Gasteiger partial charge >= 0.3 is 0 Å². The lowest BCUT2D eigenvalue weighted by atomic mass is 10.1. The van der Waals surface area contributed by atoms with Crippen LogP contribution in [0.25, 0.3) is 0 Å². The summed E-state index contributed by atoms with van der Waals surface area (Å²) in [6, 6.07) is 17.5. The molecule has 0 saturated carbocycles. The SMILES string of the molecule is O/[N+](=C\c1ccc(Cn2ccnc2)cc1)c1ccccc1. The van der Waals surface area contributed by atoms with E-state index in [2.05, 4.69) is 4.98 Å². The molecule has 1 heterocycles. The van der Waals surface area contributed by atoms with Crippen molar-refractivity contribution in [2.75, 3.05) is 0 Å². The second-order valence-electron chi connectivity index (χ2n) is 4.79. The number of benzene rings is 2. The lowest BCUT2D eigenvalue weighted by Crippen LogP contribution is -2.02. The lowest BCUT2D eigenvalue weighted by Gasteiger charge is -2.02. The highest BCUT2D eigenvalue weighted by Gasteiger charge is 2.06. The number of hydrogen-bond donors (Lipinski definition) is 1. The first-order chi connectivity index (χ1) is 10.3. The number of aromatic nitrogens is 2. The molecule has 0 amide bonds. The monoisotopic (exact) mass is 278 g/mol. The molecular weight excluding hydrogens is 262 g/mol. The summed E-state index contributed by atoms with van der Waals surface area (Å²) in [6.07, 6.45) is 7.19. The van der Waals surface area contributed by atoms with Gasteiger partial charge in [-0.1, -0.05) is 30.3 Å². The predicted octanol–water partition coefficient (Wildman–Crippen LogP) is 3.08. The molecule has 0 radical (unpaired) electrons. The van der Waals surface area contributed by atoms with Gasteiger partial charge in [0.25, 0.3) is 5.69 Å². The molecule has 0 spiro atoms. The van der Waals surface area contributed by atoms with Gasteiger partial charge in [-0.05, 0) is 17.7 Å². The fourth-order valence-electron chi connectivity index (χ4n) is 2.10. The van der Waals surface area contributed by atoms with Crippen molar-refractivity contribution in [1.29, 1.82) is 0 Å². The Bertz CT molecular complexity index is 716. The summed E-state index contributed by atoms with van der Waals surface area (Å²) in [7, 11) is 0. The number of imidazole rings is 1. The molecule has 0 unspecified atom stereocenters. The molecule has 3 rings (SSSR count). The Morgan fingerprint density at radius 1 is 1.05 bits per heavy atom. The van der Waals surface area contributed by atoms with Gasteiger partial charge in [-0.2, -0.15) is 0 Å². The molecule has 0 aliphatic carbocycles. The molecule has 2 aromatic carbocycles. The third kappa shape index (κ3) is 3.36. The molecule has 4 heteroatoms. The van der Waals surface area contributed by atoms with Gasteiger partial charge in [0.2, 0.25) is 6.21 Å². The van der Waals surface area contributed by atoms with E-state index >= 15 is 0 Å². The first kappa shape index (κ1) is 13.1. The fraction of sp³-hybridized carbons (Fsp3) is 0.0588. The van der Waals surface area contributed by atoms with Crippen LogP contribution in [0.2, 0.25) is 0 Å². The summed E-state index contributed by atoms with van der Waals surface area (Å²) in [4.78, 5) is 4.03. The van der Waals surface area contributed by atoms with E-state index in [0.717, 1.165) is 22.5 Å². The molecule has 0 aliphatic heterocycles. The standard InChI is InChI=1S/C17H16N3O/c21-20(17-4-2-1-3-5-17)13-16-8-6-15(7-9-16)12-19-11-10-18-14-19/h1-11,13-14,21H,12H2/q+1/b20-13-. The summed E-state index contributed by atoms with van der Waals surface area (Å²) >= 11 is 0. The summed E-state index contributed by atoms with van der Waals surface area (Å²) in [5.74, 6) is 0. The van der Waals surface area contributed by atoms with E-state index < -0.39 is 0 Å². The molecule has 3 aromatic rings. The second kappa shape index (κ2) is 6.05. The molecule has 4 nitrogen and oxygen atoms in total. The van der Waals surface area contributed by atoms with Gasteiger partial charge in [0.05, 0.1) is 6.33 Å². The van der Waals surface area contributed by atoms with Crippen molar-refractivity contribution in [2.24, 2.45) is 0 Å². The van der Waals surface area contributed by atoms with Crippen LogP contribution in [-0.4, -0.2) is 25.7 Å². The predicted molar refractivity (Wildman–Crippen MR) is 81.1 cm³/mol. The van der Waals surface area contributed by atoms with Crippen LogP contribution < -0.4 is 0 Å². The van der Waals surface area contributed by atoms with Gasteiger partial charge in [-0.3, -0.25) is 5.21 Å². The van der Waals surface area contributed by atoms with Crippen LogP contribution in [0.5, 0.6) is 0 Å². The van der Waals surface area contributed by atoms with Crippen LogP contribution >= 0.6 is 0 Å². The van der Waals surface area contributed by atoms with Crippen molar-refractivity contribution in [2.45, 2.75) is 6.54 Å². The minimum atomic E-state index is 0.736. The third-order valence-electron chi connectivity index (χ3n) is 3.20. The maximum absolute atomic E-state index is 10.0. The highest BCUT2D eigenvalue weighted by molar-refractivity contribution is 5.76. The molecule has 0 fully saturated rings. The Labute approximate surface area is 123 Å². The smallest absolute Gasteiger partial charge is 0.257 e. The summed E-state index contributed by atoms with van der Waals surface area (Å²) in [5.41, 5.74) is 2.87. The van der Waals surface area contributed by atoms with E-state index in [1.165, 1.54) is 5.56 Å². The molecular formula is C17H16N3O+. The molecule has 1 N–H and O–H groups in total. The lowest BCUT2D eigenvalue weighted by molar-refractivity contribution is -0.709. The Balaban J connectivity index is 1.75. The summed E-state index contributed by atoms with van der Waals surface area (Å²) < 4.78 is 3.14. The first-order valence-corrected chi connectivity index (χ1v) is 6.74. The van der Waals surface area contributed by atoms with E-state index in [1.807, 2.05) is 65.4 Å². The molecule has 0 saturated heterocycles. The number of para-hydroxylation sites is 1. The largest absolute Gasteiger partial charge is 0.333 e. The van der Waals surface area contributed by atoms with Crippen molar-refractivity contribution in [3.05, 3.63) is 84.4 Å². The van der Waals surface area contributed by atoms with E-state index in [1.54, 1.807) is 18.7 Å². The van der Waals surface area contributed by atoms with Crippen LogP contribution in [0.1, 0.15) is 11.1 Å². The summed E-state index contributed by atoms with van der Waals surface area (Å²) in [6.45, 7) is 0.793. The number of hydrogen-bond acceptors (Lipinski definition) is 2. The van der Waals surface area contributed by atoms with E-state index in [9.17, 15) is 5.21 Å². The second-order valence-corrected chi connectivity index (χ2v) is 4.79. The first-order valence-electron chi connectivity index (χ1n) is 6.74. The highest BCUT2D eigenvalue weighted by atomic mass is 16.5. The molecule has 0 aliphatic rings. The van der Waals surface area contributed by atoms with Gasteiger partial charge in [0.1, 0.15) is 0 Å². The van der Waals surface area contributed by atoms with E-state index in [4.69, 9.17) is 0 Å². The van der Waals surface area contributed by atoms with Gasteiger partial charge in [-0.25, -0.2) is 4.98 Å². The molecule has 21 heavy (non-hydrogen) atoms. The highest BCUT2D eigenvalue weighted by Crippen LogP contribution is 2.09. The minimum absolute atomic E-state index is 0.736. The van der Waals surface area contributed by atoms with Crippen LogP contribution in [0.3, 0.4) is 0 Å². The average Bonchev–Trinajstić information content (AvgIpc) is 3.03. The average molecular weight is 278 g/mol. The number of rotatable bonds is 4. The number of nitrogens with zero attached hydrogens (tertiary/aromatic N) is 3. The van der Waals surface area contributed by atoms with Crippen molar-refractivity contribution in [3.8, 4) is 0 Å². The maximum Gasteiger partial charge on any atom is 0.257 e. The Hall–Kier alpha value is -2.88. The van der Waals surface area contributed by atoms with Crippen LogP contribution in [0.15, 0.2) is 73.3 Å². The zero-order valence-electron chi connectivity index (χ0n) is 11.5. The zero-order valence-corrected chi connectivity index (χ0v) is 11.5. The van der Waals surface area contributed by atoms with Crippen LogP contribution in [0, 0.1) is 0 Å². The topological polar surface area (TPSA) is 41.1 Å². The van der Waals surface area contributed by atoms with Gasteiger partial charge in [0.15, 0.2) is 0 Å². The normalized spacial score (nSPS) is 11.5. The van der Waals surface area contributed by atoms with Gasteiger partial charge < -0.3 is 4.57 Å². The zero-order chi connectivity index (χ0) is 14.5. The molecule has 0 bridgehead atoms. The van der Waals surface area contributed by atoms with Crippen molar-refractivity contribution < 1.29 is 9.95 Å². The fourth-order valence-corrected chi connectivity index (χ4v) is 2.10.